The lowest BCUT2D eigenvalue weighted by atomic mass is 9.85. The van der Waals surface area contributed by atoms with Crippen LogP contribution in [0.1, 0.15) is 42.5 Å². The molecule has 0 aromatic heterocycles. The van der Waals surface area contributed by atoms with Crippen LogP contribution in [0.15, 0.2) is 24.3 Å². The van der Waals surface area contributed by atoms with Crippen LogP contribution < -0.4 is 10.6 Å². The molecule has 0 radical (unpaired) electrons. The van der Waals surface area contributed by atoms with E-state index >= 15 is 0 Å². The number of benzene rings is 1. The number of hydrogen-bond donors (Lipinski definition) is 2. The lowest BCUT2D eigenvalue weighted by molar-refractivity contribution is -0.122. The molecule has 1 saturated carbocycles. The van der Waals surface area contributed by atoms with Crippen LogP contribution in [-0.4, -0.2) is 31.1 Å². The van der Waals surface area contributed by atoms with E-state index in [9.17, 15) is 9.59 Å². The van der Waals surface area contributed by atoms with Gasteiger partial charge in [-0.25, -0.2) is 0 Å². The molecule has 2 amide bonds. The normalized spacial score (nSPS) is 21.2. The van der Waals surface area contributed by atoms with E-state index in [1.165, 1.54) is 0 Å². The van der Waals surface area contributed by atoms with Crippen LogP contribution in [-0.2, 0) is 9.53 Å². The van der Waals surface area contributed by atoms with Crippen LogP contribution in [0.3, 0.4) is 0 Å². The van der Waals surface area contributed by atoms with Gasteiger partial charge >= 0.3 is 0 Å². The second kappa shape index (κ2) is 6.92. The van der Waals surface area contributed by atoms with Crippen molar-refractivity contribution in [1.29, 1.82) is 0 Å². The maximum atomic E-state index is 12.2. The van der Waals surface area contributed by atoms with E-state index in [0.717, 1.165) is 38.7 Å². The summed E-state index contributed by atoms with van der Waals surface area (Å²) >= 11 is 0. The molecule has 1 heterocycles. The van der Waals surface area contributed by atoms with Crippen LogP contribution in [0.25, 0.3) is 0 Å². The third-order valence-corrected chi connectivity index (χ3v) is 4.38. The van der Waals surface area contributed by atoms with Crippen molar-refractivity contribution < 1.29 is 14.3 Å². The van der Waals surface area contributed by atoms with Gasteiger partial charge in [-0.05, 0) is 43.9 Å². The molecular formula is C17H22N2O3. The highest BCUT2D eigenvalue weighted by Crippen LogP contribution is 2.27. The van der Waals surface area contributed by atoms with E-state index < -0.39 is 0 Å². The molecular weight excluding hydrogens is 280 g/mol. The number of amides is 2. The third-order valence-electron chi connectivity index (χ3n) is 4.38. The molecule has 1 aromatic carbocycles. The van der Waals surface area contributed by atoms with Gasteiger partial charge < -0.3 is 15.4 Å². The molecule has 1 aliphatic heterocycles. The van der Waals surface area contributed by atoms with E-state index in [-0.39, 0.29) is 23.8 Å². The predicted molar refractivity (Wildman–Crippen MR) is 83.7 cm³/mol. The fourth-order valence-electron chi connectivity index (χ4n) is 2.77. The summed E-state index contributed by atoms with van der Waals surface area (Å²) in [5.41, 5.74) is 1.24. The van der Waals surface area contributed by atoms with Crippen LogP contribution in [0.2, 0.25) is 0 Å². The molecule has 1 aromatic rings. The van der Waals surface area contributed by atoms with Crippen molar-refractivity contribution in [2.75, 3.05) is 18.5 Å². The first-order valence-corrected chi connectivity index (χ1v) is 8.03. The van der Waals surface area contributed by atoms with E-state index in [1.807, 2.05) is 6.07 Å². The number of carbonyl (C=O) groups is 2. The Kier molecular flexibility index (Phi) is 4.73. The molecule has 1 unspecified atom stereocenters. The Morgan fingerprint density at radius 1 is 1.18 bits per heavy atom. The van der Waals surface area contributed by atoms with Crippen LogP contribution in [0.4, 0.5) is 5.69 Å². The maximum absolute atomic E-state index is 12.2. The number of ether oxygens (including phenoxy) is 1. The molecule has 0 bridgehead atoms. The largest absolute Gasteiger partial charge is 0.376 e. The zero-order valence-corrected chi connectivity index (χ0v) is 12.6. The second-order valence-electron chi connectivity index (χ2n) is 6.04. The SMILES string of the molecule is O=C(NCC1CCCO1)c1cccc(NC(=O)C2CCC2)c1. The molecule has 118 valence electrons. The third kappa shape index (κ3) is 3.65. The molecule has 5 nitrogen and oxygen atoms in total. The lowest BCUT2D eigenvalue weighted by Gasteiger charge is -2.24. The smallest absolute Gasteiger partial charge is 0.251 e. The van der Waals surface area contributed by atoms with E-state index in [0.29, 0.717) is 17.8 Å². The predicted octanol–water partition coefficient (Wildman–Crippen LogP) is 2.33. The average Bonchev–Trinajstić information content (AvgIpc) is 2.96. The highest BCUT2D eigenvalue weighted by atomic mass is 16.5. The van der Waals surface area contributed by atoms with Gasteiger partial charge in [-0.3, -0.25) is 9.59 Å². The van der Waals surface area contributed by atoms with Gasteiger partial charge in [0.15, 0.2) is 0 Å². The number of nitrogens with one attached hydrogen (secondary N) is 2. The standard InChI is InChI=1S/C17H22N2O3/c20-16(18-11-15-8-3-9-22-15)13-6-2-7-14(10-13)19-17(21)12-4-1-5-12/h2,6-7,10,12,15H,1,3-5,8-9,11H2,(H,18,20)(H,19,21). The summed E-state index contributed by atoms with van der Waals surface area (Å²) in [6.45, 7) is 1.32. The summed E-state index contributed by atoms with van der Waals surface area (Å²) in [5.74, 6) is 0.0652. The summed E-state index contributed by atoms with van der Waals surface area (Å²) in [4.78, 5) is 24.1. The first kappa shape index (κ1) is 15.0. The minimum absolute atomic E-state index is 0.0585. The van der Waals surface area contributed by atoms with Gasteiger partial charge in [0.1, 0.15) is 0 Å². The van der Waals surface area contributed by atoms with Gasteiger partial charge in [-0.1, -0.05) is 12.5 Å². The van der Waals surface area contributed by atoms with Crippen molar-refractivity contribution in [3.05, 3.63) is 29.8 Å². The van der Waals surface area contributed by atoms with Gasteiger partial charge in [0.2, 0.25) is 5.91 Å². The number of carbonyl (C=O) groups excluding carboxylic acids is 2. The zero-order valence-electron chi connectivity index (χ0n) is 12.6. The number of anilines is 1. The molecule has 1 saturated heterocycles. The maximum Gasteiger partial charge on any atom is 0.251 e. The summed E-state index contributed by atoms with van der Waals surface area (Å²) < 4.78 is 5.49. The van der Waals surface area contributed by atoms with E-state index in [2.05, 4.69) is 10.6 Å². The number of rotatable bonds is 5. The zero-order chi connectivity index (χ0) is 15.4. The molecule has 2 N–H and O–H groups in total. The first-order chi connectivity index (χ1) is 10.7. The number of hydrogen-bond acceptors (Lipinski definition) is 3. The van der Waals surface area contributed by atoms with Crippen LogP contribution >= 0.6 is 0 Å². The molecule has 0 spiro atoms. The molecule has 1 atom stereocenters. The average molecular weight is 302 g/mol. The van der Waals surface area contributed by atoms with Gasteiger partial charge in [-0.2, -0.15) is 0 Å². The summed E-state index contributed by atoms with van der Waals surface area (Å²) in [6, 6.07) is 7.08. The van der Waals surface area contributed by atoms with Gasteiger partial charge in [0.05, 0.1) is 6.10 Å². The quantitative estimate of drug-likeness (QED) is 0.877. The van der Waals surface area contributed by atoms with Gasteiger partial charge in [0.25, 0.3) is 5.91 Å². The first-order valence-electron chi connectivity index (χ1n) is 8.03. The van der Waals surface area contributed by atoms with Crippen molar-refractivity contribution in [3.8, 4) is 0 Å². The van der Waals surface area contributed by atoms with Crippen molar-refractivity contribution in [1.82, 2.24) is 5.32 Å². The molecule has 5 heteroatoms. The molecule has 2 fully saturated rings. The Bertz CT molecular complexity index is 549. The highest BCUT2D eigenvalue weighted by molar-refractivity contribution is 5.97. The molecule has 3 rings (SSSR count). The Hall–Kier alpha value is -1.88. The summed E-state index contributed by atoms with van der Waals surface area (Å²) in [7, 11) is 0. The van der Waals surface area contributed by atoms with E-state index in [4.69, 9.17) is 4.74 Å². The van der Waals surface area contributed by atoms with Crippen molar-refractivity contribution in [2.24, 2.45) is 5.92 Å². The second-order valence-corrected chi connectivity index (χ2v) is 6.04. The van der Waals surface area contributed by atoms with Gasteiger partial charge in [-0.15, -0.1) is 0 Å². The topological polar surface area (TPSA) is 67.4 Å². The Morgan fingerprint density at radius 3 is 2.73 bits per heavy atom. The molecule has 1 aliphatic carbocycles. The fourth-order valence-corrected chi connectivity index (χ4v) is 2.77. The monoisotopic (exact) mass is 302 g/mol. The van der Waals surface area contributed by atoms with Crippen LogP contribution in [0, 0.1) is 5.92 Å². The van der Waals surface area contributed by atoms with E-state index in [1.54, 1.807) is 18.2 Å². The lowest BCUT2D eigenvalue weighted by Crippen LogP contribution is -2.32. The van der Waals surface area contributed by atoms with Gasteiger partial charge in [0, 0.05) is 30.3 Å². The minimum Gasteiger partial charge on any atom is -0.376 e. The molecule has 2 aliphatic rings. The summed E-state index contributed by atoms with van der Waals surface area (Å²) in [5, 5.41) is 5.78. The van der Waals surface area contributed by atoms with Crippen LogP contribution in [0.5, 0.6) is 0 Å². The van der Waals surface area contributed by atoms with Crippen molar-refractivity contribution >= 4 is 17.5 Å². The van der Waals surface area contributed by atoms with Crippen molar-refractivity contribution in [3.63, 3.8) is 0 Å². The Balaban J connectivity index is 1.55. The summed E-state index contributed by atoms with van der Waals surface area (Å²) in [6.07, 6.45) is 5.25. The highest BCUT2D eigenvalue weighted by Gasteiger charge is 2.25. The Labute approximate surface area is 130 Å². The minimum atomic E-state index is -0.129. The van der Waals surface area contributed by atoms with Crippen molar-refractivity contribution in [2.45, 2.75) is 38.2 Å². The molecule has 22 heavy (non-hydrogen) atoms. The fraction of sp³-hybridized carbons (Fsp3) is 0.529. The Morgan fingerprint density at radius 2 is 2.05 bits per heavy atom.